The third-order valence-electron chi connectivity index (χ3n) is 4.93. The minimum absolute atomic E-state index is 0.137. The van der Waals surface area contributed by atoms with Gasteiger partial charge in [0.1, 0.15) is 12.1 Å². The summed E-state index contributed by atoms with van der Waals surface area (Å²) in [5.74, 6) is -0.137. The van der Waals surface area contributed by atoms with Crippen molar-refractivity contribution in [2.75, 3.05) is 0 Å². The van der Waals surface area contributed by atoms with E-state index in [1.54, 1.807) is 17.1 Å². The Labute approximate surface area is 154 Å². The molecule has 6 heteroatoms. The number of nitrogens with zero attached hydrogens (tertiary/aromatic N) is 2. The lowest BCUT2D eigenvalue weighted by Crippen LogP contribution is -2.46. The summed E-state index contributed by atoms with van der Waals surface area (Å²) in [6.07, 6.45) is 5.66. The highest BCUT2D eigenvalue weighted by atomic mass is 32.1. The molecular formula is C19H28FN3OS. The second-order valence-corrected chi connectivity index (χ2v) is 8.05. The predicted octanol–water partition coefficient (Wildman–Crippen LogP) is 4.66. The molecule has 1 heterocycles. The summed E-state index contributed by atoms with van der Waals surface area (Å²) in [5, 5.41) is 14.2. The molecule has 0 radical (unpaired) electrons. The number of rotatable bonds is 8. The Morgan fingerprint density at radius 2 is 1.92 bits per heavy atom. The van der Waals surface area contributed by atoms with E-state index in [2.05, 4.69) is 10.1 Å². The fourth-order valence-corrected chi connectivity index (χ4v) is 3.13. The molecule has 2 aromatic rings. The molecule has 2 rings (SSSR count). The summed E-state index contributed by atoms with van der Waals surface area (Å²) in [6, 6.07) is 6.91. The number of nitrogens with one attached hydrogen (secondary N) is 1. The molecule has 2 N–H and O–H groups in total. The highest BCUT2D eigenvalue weighted by Crippen LogP contribution is 2.36. The molecule has 25 heavy (non-hydrogen) atoms. The van der Waals surface area contributed by atoms with Gasteiger partial charge in [0.25, 0.3) is 0 Å². The van der Waals surface area contributed by atoms with Crippen LogP contribution in [0.4, 0.5) is 4.39 Å². The van der Waals surface area contributed by atoms with Gasteiger partial charge >= 0.3 is 0 Å². The molecule has 1 aromatic carbocycles. The largest absolute Gasteiger partial charge is 0.387 e. The number of hydrogen-bond donors (Lipinski definition) is 2. The van der Waals surface area contributed by atoms with Gasteiger partial charge < -0.3 is 5.11 Å². The van der Waals surface area contributed by atoms with E-state index < -0.39 is 5.60 Å². The molecule has 1 atom stereocenters. The lowest BCUT2D eigenvalue weighted by Gasteiger charge is -2.40. The standard InChI is InChI=1S/C19H28FN3OS/c1-18(2,3)19(24,13-23-17(25)21-14-22-23)12-8-4-5-9-15-10-6-7-11-16(15)20/h6-7,10-11,14,24H,4-5,8-9,12-13H2,1-3H3,(H,21,22,25). The summed E-state index contributed by atoms with van der Waals surface area (Å²) in [5.41, 5.74) is -0.425. The molecule has 1 unspecified atom stereocenters. The van der Waals surface area contributed by atoms with Gasteiger partial charge in [-0.05, 0) is 48.5 Å². The Balaban J connectivity index is 1.89. The van der Waals surface area contributed by atoms with Crippen molar-refractivity contribution >= 4 is 12.2 Å². The van der Waals surface area contributed by atoms with E-state index in [4.69, 9.17) is 12.2 Å². The minimum Gasteiger partial charge on any atom is -0.387 e. The van der Waals surface area contributed by atoms with Crippen LogP contribution in [-0.2, 0) is 13.0 Å². The van der Waals surface area contributed by atoms with Gasteiger partial charge in [-0.25, -0.2) is 9.37 Å². The van der Waals surface area contributed by atoms with Crippen molar-refractivity contribution in [3.63, 3.8) is 0 Å². The van der Waals surface area contributed by atoms with Crippen molar-refractivity contribution in [2.24, 2.45) is 5.41 Å². The van der Waals surface area contributed by atoms with Gasteiger partial charge in [-0.3, -0.25) is 9.78 Å². The summed E-state index contributed by atoms with van der Waals surface area (Å²) in [7, 11) is 0. The van der Waals surface area contributed by atoms with Crippen LogP contribution in [0.3, 0.4) is 0 Å². The quantitative estimate of drug-likeness (QED) is 0.528. The predicted molar refractivity (Wildman–Crippen MR) is 100 cm³/mol. The van der Waals surface area contributed by atoms with Crippen molar-refractivity contribution in [3.8, 4) is 0 Å². The third-order valence-corrected chi connectivity index (χ3v) is 5.26. The summed E-state index contributed by atoms with van der Waals surface area (Å²) in [6.45, 7) is 6.49. The summed E-state index contributed by atoms with van der Waals surface area (Å²) >= 11 is 5.17. The van der Waals surface area contributed by atoms with Crippen molar-refractivity contribution in [1.82, 2.24) is 14.8 Å². The highest BCUT2D eigenvalue weighted by molar-refractivity contribution is 7.71. The number of halogens is 1. The SMILES string of the molecule is CC(C)(C)C(O)(CCCCCc1ccccc1F)Cn1[nH]cnc1=S. The number of aromatic amines is 1. The van der Waals surface area contributed by atoms with Gasteiger partial charge in [-0.2, -0.15) is 0 Å². The van der Waals surface area contributed by atoms with Crippen molar-refractivity contribution in [2.45, 2.75) is 65.0 Å². The Hall–Kier alpha value is -1.53. The first-order valence-corrected chi connectivity index (χ1v) is 9.20. The molecule has 1 aromatic heterocycles. The van der Waals surface area contributed by atoms with Crippen molar-refractivity contribution < 1.29 is 9.50 Å². The molecule has 0 aliphatic carbocycles. The number of aliphatic hydroxyl groups is 1. The van der Waals surface area contributed by atoms with Gasteiger partial charge in [0, 0.05) is 0 Å². The van der Waals surface area contributed by atoms with Gasteiger partial charge in [0.2, 0.25) is 4.77 Å². The van der Waals surface area contributed by atoms with Crippen LogP contribution in [0.2, 0.25) is 0 Å². The van der Waals surface area contributed by atoms with E-state index in [-0.39, 0.29) is 11.2 Å². The van der Waals surface area contributed by atoms with Crippen LogP contribution in [0.5, 0.6) is 0 Å². The number of aryl methyl sites for hydroxylation is 1. The second kappa shape index (κ2) is 8.23. The maximum absolute atomic E-state index is 13.6. The fourth-order valence-electron chi connectivity index (χ4n) is 2.96. The number of hydrogen-bond acceptors (Lipinski definition) is 3. The van der Waals surface area contributed by atoms with E-state index in [0.717, 1.165) is 31.2 Å². The van der Waals surface area contributed by atoms with E-state index in [0.29, 0.717) is 17.7 Å². The Morgan fingerprint density at radius 3 is 2.52 bits per heavy atom. The molecule has 138 valence electrons. The Kier molecular flexibility index (Phi) is 6.52. The summed E-state index contributed by atoms with van der Waals surface area (Å²) < 4.78 is 15.8. The average molecular weight is 366 g/mol. The maximum Gasteiger partial charge on any atom is 0.215 e. The Bertz CT molecular complexity index is 735. The van der Waals surface area contributed by atoms with Crippen LogP contribution in [0, 0.1) is 16.0 Å². The van der Waals surface area contributed by atoms with E-state index >= 15 is 0 Å². The zero-order valence-corrected chi connectivity index (χ0v) is 16.1. The topological polar surface area (TPSA) is 53.8 Å². The average Bonchev–Trinajstić information content (AvgIpc) is 2.92. The minimum atomic E-state index is -0.893. The molecule has 4 nitrogen and oxygen atoms in total. The fraction of sp³-hybridized carbons (Fsp3) is 0.579. The molecular weight excluding hydrogens is 337 g/mol. The van der Waals surface area contributed by atoms with Crippen LogP contribution in [0.1, 0.15) is 52.0 Å². The molecule has 0 saturated carbocycles. The first-order chi connectivity index (χ1) is 11.7. The smallest absolute Gasteiger partial charge is 0.215 e. The maximum atomic E-state index is 13.6. The zero-order chi connectivity index (χ0) is 18.5. The number of benzene rings is 1. The number of aromatic nitrogens is 3. The van der Waals surface area contributed by atoms with Gasteiger partial charge in [0.15, 0.2) is 0 Å². The summed E-state index contributed by atoms with van der Waals surface area (Å²) in [4.78, 5) is 4.01. The molecule has 0 aliphatic rings. The third kappa shape index (κ3) is 5.22. The van der Waals surface area contributed by atoms with Crippen molar-refractivity contribution in [1.29, 1.82) is 0 Å². The van der Waals surface area contributed by atoms with Gasteiger partial charge in [0.05, 0.1) is 12.1 Å². The van der Waals surface area contributed by atoms with Crippen molar-refractivity contribution in [3.05, 3.63) is 46.7 Å². The number of H-pyrrole nitrogens is 1. The highest BCUT2D eigenvalue weighted by Gasteiger charge is 2.40. The van der Waals surface area contributed by atoms with Crippen LogP contribution in [0.25, 0.3) is 0 Å². The van der Waals surface area contributed by atoms with Gasteiger partial charge in [-0.15, -0.1) is 0 Å². The lowest BCUT2D eigenvalue weighted by molar-refractivity contribution is -0.0817. The van der Waals surface area contributed by atoms with E-state index in [1.807, 2.05) is 32.9 Å². The molecule has 0 saturated heterocycles. The molecule has 0 fully saturated rings. The lowest BCUT2D eigenvalue weighted by atomic mass is 9.73. The molecule has 0 spiro atoms. The van der Waals surface area contributed by atoms with Crippen LogP contribution >= 0.6 is 12.2 Å². The second-order valence-electron chi connectivity index (χ2n) is 7.69. The number of unbranched alkanes of at least 4 members (excludes halogenated alkanes) is 2. The monoisotopic (exact) mass is 365 g/mol. The van der Waals surface area contributed by atoms with E-state index in [1.165, 1.54) is 6.07 Å². The first kappa shape index (κ1) is 19.8. The van der Waals surface area contributed by atoms with E-state index in [9.17, 15) is 9.50 Å². The van der Waals surface area contributed by atoms with Crippen LogP contribution in [-0.4, -0.2) is 25.5 Å². The molecule has 0 amide bonds. The van der Waals surface area contributed by atoms with Crippen LogP contribution in [0.15, 0.2) is 30.6 Å². The van der Waals surface area contributed by atoms with Crippen LogP contribution < -0.4 is 0 Å². The first-order valence-electron chi connectivity index (χ1n) is 8.79. The van der Waals surface area contributed by atoms with Gasteiger partial charge in [-0.1, -0.05) is 51.8 Å². The Morgan fingerprint density at radius 1 is 1.20 bits per heavy atom. The zero-order valence-electron chi connectivity index (χ0n) is 15.3. The normalized spacial score (nSPS) is 14.4. The molecule has 0 aliphatic heterocycles. The molecule has 0 bridgehead atoms.